The predicted octanol–water partition coefficient (Wildman–Crippen LogP) is -1.06. The number of carboxylic acids is 1. The molecule has 0 aliphatic heterocycles. The van der Waals surface area contributed by atoms with E-state index in [1.165, 1.54) is 67.6 Å². The molecule has 0 aromatic heterocycles. The summed E-state index contributed by atoms with van der Waals surface area (Å²) in [6.07, 6.45) is -3.34. The average molecular weight is 710 g/mol. The Hall–Kier alpha value is -5.71. The number of carboxylic acid groups (broad SMARTS) is 1. The number of benzene rings is 3. The predicted molar refractivity (Wildman–Crippen MR) is 182 cm³/mol. The highest BCUT2D eigenvalue weighted by Gasteiger charge is 2.35. The van der Waals surface area contributed by atoms with Crippen molar-refractivity contribution >= 4 is 29.6 Å². The van der Waals surface area contributed by atoms with Crippen LogP contribution in [0.25, 0.3) is 0 Å². The lowest BCUT2D eigenvalue weighted by atomic mass is 10.0. The van der Waals surface area contributed by atoms with Crippen LogP contribution in [-0.4, -0.2) is 103 Å². The van der Waals surface area contributed by atoms with Crippen molar-refractivity contribution in [3.05, 3.63) is 89.5 Å². The summed E-state index contributed by atoms with van der Waals surface area (Å²) in [5.74, 6) is -5.30. The van der Waals surface area contributed by atoms with Crippen LogP contribution in [0.1, 0.15) is 30.5 Å². The summed E-state index contributed by atoms with van der Waals surface area (Å²) in [5.41, 5.74) is 7.71. The quantitative estimate of drug-likeness (QED) is 0.0801. The van der Waals surface area contributed by atoms with E-state index >= 15 is 0 Å². The van der Waals surface area contributed by atoms with Crippen LogP contribution in [0.2, 0.25) is 0 Å². The number of hydrogen-bond donors (Lipinski definition) is 11. The van der Waals surface area contributed by atoms with Gasteiger partial charge >= 0.3 is 5.97 Å². The largest absolute Gasteiger partial charge is 0.508 e. The van der Waals surface area contributed by atoms with Crippen molar-refractivity contribution in [2.75, 3.05) is 0 Å². The molecule has 3 rings (SSSR count). The van der Waals surface area contributed by atoms with Crippen LogP contribution in [0.3, 0.4) is 0 Å². The number of phenolic OH excluding ortho intramolecular Hbond substituents is 3. The minimum absolute atomic E-state index is 0.0237. The van der Waals surface area contributed by atoms with Gasteiger partial charge in [-0.1, -0.05) is 36.4 Å². The number of rotatable bonds is 17. The summed E-state index contributed by atoms with van der Waals surface area (Å²) in [7, 11) is 0. The number of aliphatic hydroxyl groups excluding tert-OH is 2. The van der Waals surface area contributed by atoms with Gasteiger partial charge in [0.1, 0.15) is 35.4 Å². The Morgan fingerprint density at radius 2 is 0.863 bits per heavy atom. The minimum atomic E-state index is -1.73. The molecule has 0 unspecified atom stereocenters. The summed E-state index contributed by atoms with van der Waals surface area (Å²) in [6.45, 7) is 2.35. The molecule has 4 amide bonds. The van der Waals surface area contributed by atoms with Gasteiger partial charge in [-0.3, -0.25) is 19.2 Å². The first-order valence-corrected chi connectivity index (χ1v) is 15.9. The van der Waals surface area contributed by atoms with Gasteiger partial charge in [-0.05, 0) is 73.4 Å². The van der Waals surface area contributed by atoms with E-state index in [4.69, 9.17) is 5.73 Å². The summed E-state index contributed by atoms with van der Waals surface area (Å²) in [4.78, 5) is 65.4. The van der Waals surface area contributed by atoms with Crippen molar-refractivity contribution in [3.63, 3.8) is 0 Å². The Kier molecular flexibility index (Phi) is 14.3. The van der Waals surface area contributed by atoms with Crippen LogP contribution in [-0.2, 0) is 43.2 Å². The van der Waals surface area contributed by atoms with Crippen LogP contribution in [0.5, 0.6) is 17.2 Å². The molecule has 3 aromatic carbocycles. The maximum absolute atomic E-state index is 13.7. The molecule has 51 heavy (non-hydrogen) atoms. The highest BCUT2D eigenvalue weighted by Crippen LogP contribution is 2.15. The van der Waals surface area contributed by atoms with Crippen molar-refractivity contribution in [2.24, 2.45) is 5.73 Å². The number of aromatic hydroxyl groups is 3. The molecular formula is C35H43N5O11. The zero-order valence-corrected chi connectivity index (χ0v) is 27.9. The molecule has 0 radical (unpaired) electrons. The standard InChI is InChI=1S/C35H43N5O11/c1-18(41)29(34(49)38-28(17-22-7-13-25(45)14-8-22)33(48)40-30(19(2)42)35(50)51)39-32(47)27(16-21-5-11-24(44)12-6-21)37-31(46)26(36)15-20-3-9-23(43)10-4-20/h3-14,18-19,26-30,41-45H,15-17,36H2,1-2H3,(H,37,46)(H,38,49)(H,39,47)(H,40,48)(H,50,51)/t18-,19-,26+,27+,28+,29+,30+/m1/s1. The first kappa shape index (κ1) is 39.7. The third kappa shape index (κ3) is 12.3. The Labute approximate surface area is 293 Å². The van der Waals surface area contributed by atoms with Crippen molar-refractivity contribution < 1.29 is 54.6 Å². The number of amides is 4. The fourth-order valence-electron chi connectivity index (χ4n) is 4.97. The Balaban J connectivity index is 1.84. The van der Waals surface area contributed by atoms with Crippen molar-refractivity contribution in [3.8, 4) is 17.2 Å². The van der Waals surface area contributed by atoms with Crippen LogP contribution < -0.4 is 27.0 Å². The SMILES string of the molecule is C[C@@H](O)[C@H](NC(=O)[C@H](Cc1ccc(O)cc1)NC(=O)[C@@H](NC(=O)[C@H](Cc1ccc(O)cc1)NC(=O)[C@@H](N)Cc1ccc(O)cc1)[C@@H](C)O)C(=O)O. The summed E-state index contributed by atoms with van der Waals surface area (Å²) in [5, 5.41) is 68.4. The molecule has 0 aliphatic rings. The molecule has 16 nitrogen and oxygen atoms in total. The van der Waals surface area contributed by atoms with Gasteiger partial charge in [-0.15, -0.1) is 0 Å². The molecule has 12 N–H and O–H groups in total. The molecular weight excluding hydrogens is 666 g/mol. The van der Waals surface area contributed by atoms with Gasteiger partial charge in [0.05, 0.1) is 18.2 Å². The number of carbonyl (C=O) groups is 5. The third-order valence-corrected chi connectivity index (χ3v) is 7.86. The zero-order chi connectivity index (χ0) is 37.8. The number of nitrogens with one attached hydrogen (secondary N) is 4. The van der Waals surface area contributed by atoms with E-state index in [-0.39, 0.29) is 36.5 Å². The van der Waals surface area contributed by atoms with Gasteiger partial charge in [0, 0.05) is 12.8 Å². The summed E-state index contributed by atoms with van der Waals surface area (Å²) < 4.78 is 0. The topological polar surface area (TPSA) is 281 Å². The molecule has 0 aliphatic carbocycles. The number of aliphatic hydroxyl groups is 2. The molecule has 0 saturated heterocycles. The van der Waals surface area contributed by atoms with Crippen LogP contribution in [0.15, 0.2) is 72.8 Å². The second kappa shape index (κ2) is 18.3. The number of aliphatic carboxylic acids is 1. The van der Waals surface area contributed by atoms with E-state index in [1.54, 1.807) is 12.1 Å². The molecule has 274 valence electrons. The number of nitrogens with two attached hydrogens (primary N) is 1. The van der Waals surface area contributed by atoms with Crippen molar-refractivity contribution in [1.82, 2.24) is 21.3 Å². The maximum atomic E-state index is 13.7. The average Bonchev–Trinajstić information content (AvgIpc) is 3.07. The monoisotopic (exact) mass is 709 g/mol. The highest BCUT2D eigenvalue weighted by molar-refractivity contribution is 5.96. The first-order valence-electron chi connectivity index (χ1n) is 15.9. The lowest BCUT2D eigenvalue weighted by molar-refractivity contribution is -0.145. The summed E-state index contributed by atoms with van der Waals surface area (Å²) >= 11 is 0. The third-order valence-electron chi connectivity index (χ3n) is 7.86. The van der Waals surface area contributed by atoms with Gasteiger partial charge in [-0.2, -0.15) is 0 Å². The fourth-order valence-corrected chi connectivity index (χ4v) is 4.97. The molecule has 7 atom stereocenters. The van der Waals surface area contributed by atoms with Gasteiger partial charge in [0.25, 0.3) is 0 Å². The second-order valence-corrected chi connectivity index (χ2v) is 12.1. The van der Waals surface area contributed by atoms with Crippen molar-refractivity contribution in [1.29, 1.82) is 0 Å². The van der Waals surface area contributed by atoms with E-state index in [2.05, 4.69) is 21.3 Å². The maximum Gasteiger partial charge on any atom is 0.328 e. The first-order chi connectivity index (χ1) is 24.0. The smallest absolute Gasteiger partial charge is 0.328 e. The minimum Gasteiger partial charge on any atom is -0.508 e. The highest BCUT2D eigenvalue weighted by atomic mass is 16.4. The molecule has 0 bridgehead atoms. The fraction of sp³-hybridized carbons (Fsp3) is 0.343. The molecule has 3 aromatic rings. The van der Waals surface area contributed by atoms with Gasteiger partial charge in [0.15, 0.2) is 6.04 Å². The molecule has 0 heterocycles. The van der Waals surface area contributed by atoms with E-state index < -0.39 is 72.0 Å². The van der Waals surface area contributed by atoms with Crippen LogP contribution in [0.4, 0.5) is 0 Å². The van der Waals surface area contributed by atoms with Gasteiger partial charge in [0.2, 0.25) is 23.6 Å². The second-order valence-electron chi connectivity index (χ2n) is 12.1. The van der Waals surface area contributed by atoms with E-state index in [0.717, 1.165) is 6.92 Å². The van der Waals surface area contributed by atoms with E-state index in [1.807, 2.05) is 0 Å². The zero-order valence-electron chi connectivity index (χ0n) is 27.9. The van der Waals surface area contributed by atoms with Crippen molar-refractivity contribution in [2.45, 2.75) is 75.5 Å². The molecule has 0 spiro atoms. The summed E-state index contributed by atoms with van der Waals surface area (Å²) in [6, 6.07) is 10.0. The number of carbonyl (C=O) groups excluding carboxylic acids is 4. The van der Waals surface area contributed by atoms with Crippen LogP contribution in [0, 0.1) is 0 Å². The molecule has 0 fully saturated rings. The number of hydrogen-bond acceptors (Lipinski definition) is 11. The van der Waals surface area contributed by atoms with Gasteiger partial charge in [-0.25, -0.2) is 4.79 Å². The van der Waals surface area contributed by atoms with Gasteiger partial charge < -0.3 is 57.6 Å². The van der Waals surface area contributed by atoms with E-state index in [9.17, 15) is 54.6 Å². The lowest BCUT2D eigenvalue weighted by Crippen LogP contribution is -2.62. The molecule has 16 heteroatoms. The Morgan fingerprint density at radius 3 is 1.22 bits per heavy atom. The Morgan fingerprint density at radius 1 is 0.529 bits per heavy atom. The number of phenols is 3. The lowest BCUT2D eigenvalue weighted by Gasteiger charge is -2.28. The van der Waals surface area contributed by atoms with E-state index in [0.29, 0.717) is 16.7 Å². The molecule has 0 saturated carbocycles. The normalized spacial score (nSPS) is 15.2. The van der Waals surface area contributed by atoms with Crippen LogP contribution >= 0.6 is 0 Å². The Bertz CT molecular complexity index is 1650.